The van der Waals surface area contributed by atoms with Gasteiger partial charge in [0, 0.05) is 17.7 Å². The van der Waals surface area contributed by atoms with Gasteiger partial charge in [0.25, 0.3) is 11.8 Å². The predicted molar refractivity (Wildman–Crippen MR) is 120 cm³/mol. The maximum atomic E-state index is 12.9. The predicted octanol–water partition coefficient (Wildman–Crippen LogP) is 4.43. The summed E-state index contributed by atoms with van der Waals surface area (Å²) in [5, 5.41) is 2.62. The number of furan rings is 1. The zero-order chi connectivity index (χ0) is 21.1. The summed E-state index contributed by atoms with van der Waals surface area (Å²) in [5.41, 5.74) is 3.52. The smallest absolute Gasteiger partial charge is 0.266 e. The molecule has 0 spiro atoms. The van der Waals surface area contributed by atoms with Crippen molar-refractivity contribution in [3.05, 3.63) is 90.9 Å². The summed E-state index contributed by atoms with van der Waals surface area (Å²) in [4.78, 5) is 26.7. The molecule has 1 aliphatic rings. The molecule has 2 amide bonds. The molecule has 0 unspecified atom stereocenters. The SMILES string of the molecule is C=CCN1C(=O)C(=Cc2occ(-c3ccccc3)c2-c2ccccc2)C(=O)NC1=S. The van der Waals surface area contributed by atoms with Crippen molar-refractivity contribution in [3.63, 3.8) is 0 Å². The summed E-state index contributed by atoms with van der Waals surface area (Å²) in [7, 11) is 0. The Hall–Kier alpha value is -3.77. The summed E-state index contributed by atoms with van der Waals surface area (Å²) in [6.45, 7) is 3.84. The van der Waals surface area contributed by atoms with Gasteiger partial charge in [-0.3, -0.25) is 19.8 Å². The Kier molecular flexibility index (Phi) is 5.41. The Morgan fingerprint density at radius 3 is 2.27 bits per heavy atom. The zero-order valence-electron chi connectivity index (χ0n) is 16.0. The summed E-state index contributed by atoms with van der Waals surface area (Å²) in [6, 6.07) is 19.5. The molecule has 148 valence electrons. The van der Waals surface area contributed by atoms with Crippen LogP contribution in [0.15, 0.2) is 89.6 Å². The standard InChI is InChI=1S/C24H18N2O3S/c1-2-13-26-23(28)18(22(27)25-24(26)30)14-20-21(17-11-7-4-8-12-17)19(15-29-20)16-9-5-3-6-10-16/h2-12,14-15H,1,13H2,(H,25,27,30). The fourth-order valence-electron chi connectivity index (χ4n) is 3.33. The van der Waals surface area contributed by atoms with E-state index in [4.69, 9.17) is 16.6 Å². The van der Waals surface area contributed by atoms with Crippen molar-refractivity contribution in [2.75, 3.05) is 6.54 Å². The van der Waals surface area contributed by atoms with Gasteiger partial charge in [-0.05, 0) is 29.4 Å². The highest BCUT2D eigenvalue weighted by Gasteiger charge is 2.33. The second-order valence-electron chi connectivity index (χ2n) is 6.64. The van der Waals surface area contributed by atoms with Crippen molar-refractivity contribution in [2.24, 2.45) is 0 Å². The first-order valence-corrected chi connectivity index (χ1v) is 9.73. The largest absolute Gasteiger partial charge is 0.464 e. The van der Waals surface area contributed by atoms with Gasteiger partial charge in [-0.15, -0.1) is 6.58 Å². The molecule has 1 fully saturated rings. The highest BCUT2D eigenvalue weighted by molar-refractivity contribution is 7.80. The Bertz CT molecular complexity index is 1160. The van der Waals surface area contributed by atoms with Gasteiger partial charge in [0.15, 0.2) is 5.11 Å². The van der Waals surface area contributed by atoms with Gasteiger partial charge >= 0.3 is 0 Å². The van der Waals surface area contributed by atoms with E-state index in [1.54, 1.807) is 12.3 Å². The fraction of sp³-hybridized carbons (Fsp3) is 0.0417. The van der Waals surface area contributed by atoms with Gasteiger partial charge in [0.2, 0.25) is 0 Å². The zero-order valence-corrected chi connectivity index (χ0v) is 16.8. The number of benzene rings is 2. The monoisotopic (exact) mass is 414 g/mol. The second kappa shape index (κ2) is 8.31. The van der Waals surface area contributed by atoms with Crippen molar-refractivity contribution in [2.45, 2.75) is 0 Å². The highest BCUT2D eigenvalue weighted by Crippen LogP contribution is 2.38. The van der Waals surface area contributed by atoms with Crippen LogP contribution in [0, 0.1) is 0 Å². The Balaban J connectivity index is 1.86. The molecule has 0 radical (unpaired) electrons. The van der Waals surface area contributed by atoms with Crippen LogP contribution in [0.2, 0.25) is 0 Å². The molecule has 6 heteroatoms. The van der Waals surface area contributed by atoms with Crippen LogP contribution in [0.1, 0.15) is 5.76 Å². The topological polar surface area (TPSA) is 62.6 Å². The molecule has 1 aromatic heterocycles. The number of hydrogen-bond donors (Lipinski definition) is 1. The minimum absolute atomic E-state index is 0.0448. The lowest BCUT2D eigenvalue weighted by Gasteiger charge is -2.27. The minimum Gasteiger partial charge on any atom is -0.464 e. The summed E-state index contributed by atoms with van der Waals surface area (Å²) >= 11 is 5.11. The molecule has 2 heterocycles. The minimum atomic E-state index is -0.554. The lowest BCUT2D eigenvalue weighted by molar-refractivity contribution is -0.128. The normalized spacial score (nSPS) is 15.4. The Morgan fingerprint density at radius 1 is 1.00 bits per heavy atom. The summed E-state index contributed by atoms with van der Waals surface area (Å²) < 4.78 is 5.85. The molecule has 1 N–H and O–H groups in total. The molecule has 0 aliphatic carbocycles. The van der Waals surface area contributed by atoms with E-state index in [9.17, 15) is 9.59 Å². The van der Waals surface area contributed by atoms with E-state index < -0.39 is 11.8 Å². The van der Waals surface area contributed by atoms with E-state index in [0.29, 0.717) is 5.76 Å². The van der Waals surface area contributed by atoms with Crippen molar-refractivity contribution in [1.82, 2.24) is 10.2 Å². The van der Waals surface area contributed by atoms with Crippen LogP contribution in [-0.4, -0.2) is 28.4 Å². The molecule has 0 atom stereocenters. The first-order valence-electron chi connectivity index (χ1n) is 9.32. The summed E-state index contributed by atoms with van der Waals surface area (Å²) in [6.07, 6.45) is 4.67. The first kappa shape index (κ1) is 19.5. The lowest BCUT2D eigenvalue weighted by Crippen LogP contribution is -2.53. The third kappa shape index (κ3) is 3.60. The number of hydrogen-bond acceptors (Lipinski definition) is 4. The number of carbonyl (C=O) groups is 2. The molecule has 5 nitrogen and oxygen atoms in total. The molecule has 0 bridgehead atoms. The molecule has 3 aromatic rings. The van der Waals surface area contributed by atoms with E-state index in [-0.39, 0.29) is 17.2 Å². The van der Waals surface area contributed by atoms with E-state index >= 15 is 0 Å². The molecular weight excluding hydrogens is 396 g/mol. The van der Waals surface area contributed by atoms with Gasteiger partial charge < -0.3 is 4.42 Å². The number of nitrogens with one attached hydrogen (secondary N) is 1. The molecule has 30 heavy (non-hydrogen) atoms. The van der Waals surface area contributed by atoms with Crippen LogP contribution in [0.4, 0.5) is 0 Å². The van der Waals surface area contributed by atoms with Crippen LogP contribution in [0.3, 0.4) is 0 Å². The quantitative estimate of drug-likeness (QED) is 0.290. The molecule has 0 saturated carbocycles. The van der Waals surface area contributed by atoms with Crippen LogP contribution in [0.5, 0.6) is 0 Å². The number of carbonyl (C=O) groups excluding carboxylic acids is 2. The van der Waals surface area contributed by atoms with Crippen LogP contribution >= 0.6 is 12.2 Å². The fourth-order valence-corrected chi connectivity index (χ4v) is 3.58. The van der Waals surface area contributed by atoms with E-state index in [1.165, 1.54) is 11.0 Å². The van der Waals surface area contributed by atoms with Gasteiger partial charge in [0.05, 0.1) is 6.26 Å². The number of thiocarbonyl (C=S) groups is 1. The van der Waals surface area contributed by atoms with Crippen molar-refractivity contribution in [3.8, 4) is 22.3 Å². The Labute approximate surface area is 179 Å². The average molecular weight is 414 g/mol. The summed E-state index contributed by atoms with van der Waals surface area (Å²) in [5.74, 6) is -0.618. The molecule has 1 aliphatic heterocycles. The maximum absolute atomic E-state index is 12.9. The van der Waals surface area contributed by atoms with Crippen molar-refractivity contribution in [1.29, 1.82) is 0 Å². The molecule has 1 saturated heterocycles. The van der Waals surface area contributed by atoms with Crippen LogP contribution in [0.25, 0.3) is 28.3 Å². The van der Waals surface area contributed by atoms with E-state index in [2.05, 4.69) is 11.9 Å². The van der Waals surface area contributed by atoms with Gasteiger partial charge in [-0.1, -0.05) is 66.7 Å². The number of nitrogens with zero attached hydrogens (tertiary/aromatic N) is 1. The van der Waals surface area contributed by atoms with Crippen LogP contribution in [-0.2, 0) is 9.59 Å². The van der Waals surface area contributed by atoms with Crippen molar-refractivity contribution >= 4 is 35.2 Å². The van der Waals surface area contributed by atoms with Crippen LogP contribution < -0.4 is 5.32 Å². The second-order valence-corrected chi connectivity index (χ2v) is 7.03. The molecular formula is C24H18N2O3S. The average Bonchev–Trinajstić information content (AvgIpc) is 3.19. The van der Waals surface area contributed by atoms with Gasteiger partial charge in [-0.25, -0.2) is 0 Å². The van der Waals surface area contributed by atoms with Crippen molar-refractivity contribution < 1.29 is 14.0 Å². The first-order chi connectivity index (χ1) is 14.6. The molecule has 2 aromatic carbocycles. The maximum Gasteiger partial charge on any atom is 0.266 e. The number of rotatable bonds is 5. The third-order valence-corrected chi connectivity index (χ3v) is 5.06. The van der Waals surface area contributed by atoms with E-state index in [1.807, 2.05) is 60.7 Å². The van der Waals surface area contributed by atoms with Gasteiger partial charge in [0.1, 0.15) is 11.3 Å². The number of amides is 2. The molecule has 4 rings (SSSR count). The third-order valence-electron chi connectivity index (χ3n) is 4.74. The van der Waals surface area contributed by atoms with E-state index in [0.717, 1.165) is 22.3 Å². The van der Waals surface area contributed by atoms with Gasteiger partial charge in [-0.2, -0.15) is 0 Å². The lowest BCUT2D eigenvalue weighted by atomic mass is 9.96. The highest BCUT2D eigenvalue weighted by atomic mass is 32.1. The Morgan fingerprint density at radius 2 is 1.63 bits per heavy atom.